The second-order valence-corrected chi connectivity index (χ2v) is 7.30. The molecule has 2 aliphatic rings. The SMILES string of the molecule is CCOC(=O)Oc1ccc(C(=O)N2CCC(NC(=O)C=C3CCOCC3)CC2)cc1. The maximum Gasteiger partial charge on any atom is 0.513 e. The Morgan fingerprint density at radius 1 is 1.13 bits per heavy atom. The Labute approximate surface area is 176 Å². The van der Waals surface area contributed by atoms with Crippen LogP contribution in [0.5, 0.6) is 5.75 Å². The Morgan fingerprint density at radius 3 is 2.43 bits per heavy atom. The Hall–Kier alpha value is -2.87. The number of ether oxygens (including phenoxy) is 3. The summed E-state index contributed by atoms with van der Waals surface area (Å²) in [6.07, 6.45) is 3.98. The highest BCUT2D eigenvalue weighted by molar-refractivity contribution is 5.94. The Morgan fingerprint density at radius 2 is 1.80 bits per heavy atom. The molecule has 2 aliphatic heterocycles. The van der Waals surface area contributed by atoms with Crippen molar-refractivity contribution in [1.29, 1.82) is 0 Å². The van der Waals surface area contributed by atoms with E-state index in [-0.39, 0.29) is 24.5 Å². The number of carbonyl (C=O) groups is 3. The van der Waals surface area contributed by atoms with Gasteiger partial charge in [-0.05, 0) is 56.9 Å². The van der Waals surface area contributed by atoms with Gasteiger partial charge < -0.3 is 24.4 Å². The molecule has 0 saturated carbocycles. The fraction of sp³-hybridized carbons (Fsp3) is 0.500. The molecule has 0 atom stereocenters. The molecular formula is C22H28N2O6. The van der Waals surface area contributed by atoms with Crippen LogP contribution in [0.1, 0.15) is 43.0 Å². The summed E-state index contributed by atoms with van der Waals surface area (Å²) < 4.78 is 15.0. The summed E-state index contributed by atoms with van der Waals surface area (Å²) in [7, 11) is 0. The van der Waals surface area contributed by atoms with E-state index in [0.29, 0.717) is 50.5 Å². The average Bonchev–Trinajstić information content (AvgIpc) is 2.75. The van der Waals surface area contributed by atoms with Crippen molar-refractivity contribution in [3.8, 4) is 5.75 Å². The number of nitrogens with zero attached hydrogens (tertiary/aromatic N) is 1. The van der Waals surface area contributed by atoms with Crippen LogP contribution in [0.2, 0.25) is 0 Å². The lowest BCUT2D eigenvalue weighted by atomic mass is 10.0. The predicted octanol–water partition coefficient (Wildman–Crippen LogP) is 2.68. The minimum absolute atomic E-state index is 0.0612. The number of benzene rings is 1. The Bertz CT molecular complexity index is 773. The van der Waals surface area contributed by atoms with Crippen molar-refractivity contribution in [2.75, 3.05) is 32.9 Å². The first-order valence-electron chi connectivity index (χ1n) is 10.4. The monoisotopic (exact) mass is 416 g/mol. The molecule has 0 radical (unpaired) electrons. The molecule has 3 rings (SSSR count). The number of hydrogen-bond acceptors (Lipinski definition) is 6. The van der Waals surface area contributed by atoms with Gasteiger partial charge in [0.05, 0.1) is 19.8 Å². The van der Waals surface area contributed by atoms with Crippen LogP contribution in [0.4, 0.5) is 4.79 Å². The van der Waals surface area contributed by atoms with Crippen LogP contribution in [0.3, 0.4) is 0 Å². The van der Waals surface area contributed by atoms with E-state index in [1.165, 1.54) is 0 Å². The first-order chi connectivity index (χ1) is 14.5. The molecule has 1 N–H and O–H groups in total. The van der Waals surface area contributed by atoms with Gasteiger partial charge in [0.25, 0.3) is 5.91 Å². The third-order valence-corrected chi connectivity index (χ3v) is 5.16. The van der Waals surface area contributed by atoms with Gasteiger partial charge in [-0.1, -0.05) is 5.57 Å². The summed E-state index contributed by atoms with van der Waals surface area (Å²) in [5.74, 6) is 0.186. The lowest BCUT2D eigenvalue weighted by Gasteiger charge is -2.32. The maximum atomic E-state index is 12.7. The molecule has 1 aromatic rings. The maximum absolute atomic E-state index is 12.7. The first-order valence-corrected chi connectivity index (χ1v) is 10.4. The topological polar surface area (TPSA) is 94.2 Å². The number of carbonyl (C=O) groups excluding carboxylic acids is 3. The lowest BCUT2D eigenvalue weighted by molar-refractivity contribution is -0.117. The van der Waals surface area contributed by atoms with E-state index < -0.39 is 6.16 Å². The van der Waals surface area contributed by atoms with E-state index in [9.17, 15) is 14.4 Å². The molecule has 162 valence electrons. The first kappa shape index (κ1) is 21.8. The fourth-order valence-corrected chi connectivity index (χ4v) is 3.52. The number of nitrogens with one attached hydrogen (secondary N) is 1. The molecule has 0 aromatic heterocycles. The number of rotatable bonds is 5. The number of piperidine rings is 1. The molecule has 8 nitrogen and oxygen atoms in total. The zero-order valence-electron chi connectivity index (χ0n) is 17.2. The third-order valence-electron chi connectivity index (χ3n) is 5.16. The fourth-order valence-electron chi connectivity index (χ4n) is 3.52. The van der Waals surface area contributed by atoms with E-state index >= 15 is 0 Å². The van der Waals surface area contributed by atoms with Crippen molar-refractivity contribution in [3.05, 3.63) is 41.5 Å². The molecule has 2 heterocycles. The molecule has 1 aromatic carbocycles. The normalized spacial score (nSPS) is 17.2. The molecule has 8 heteroatoms. The van der Waals surface area contributed by atoms with Crippen LogP contribution in [0.15, 0.2) is 35.9 Å². The summed E-state index contributed by atoms with van der Waals surface area (Å²) in [6.45, 7) is 4.44. The molecule has 30 heavy (non-hydrogen) atoms. The van der Waals surface area contributed by atoms with E-state index in [1.54, 1.807) is 42.2 Å². The Kier molecular flexibility index (Phi) is 7.84. The van der Waals surface area contributed by atoms with Crippen LogP contribution < -0.4 is 10.1 Å². The standard InChI is InChI=1S/C22H28N2O6/c1-2-29-22(27)30-19-5-3-17(4-6-19)21(26)24-11-7-18(8-12-24)23-20(25)15-16-9-13-28-14-10-16/h3-6,15,18H,2,7-14H2,1H3,(H,23,25). The van der Waals surface area contributed by atoms with Gasteiger partial charge in [-0.2, -0.15) is 0 Å². The summed E-state index contributed by atoms with van der Waals surface area (Å²) in [5.41, 5.74) is 1.65. The van der Waals surface area contributed by atoms with Crippen molar-refractivity contribution in [3.63, 3.8) is 0 Å². The van der Waals surface area contributed by atoms with Crippen molar-refractivity contribution < 1.29 is 28.6 Å². The van der Waals surface area contributed by atoms with Crippen LogP contribution in [-0.2, 0) is 14.3 Å². The van der Waals surface area contributed by atoms with Crippen LogP contribution in [0, 0.1) is 0 Å². The molecule has 0 bridgehead atoms. The zero-order chi connectivity index (χ0) is 21.3. The highest BCUT2D eigenvalue weighted by Gasteiger charge is 2.24. The molecule has 0 unspecified atom stereocenters. The molecular weight excluding hydrogens is 388 g/mol. The number of hydrogen-bond donors (Lipinski definition) is 1. The van der Waals surface area contributed by atoms with Crippen molar-refractivity contribution in [1.82, 2.24) is 10.2 Å². The minimum atomic E-state index is -0.770. The molecule has 2 saturated heterocycles. The quantitative estimate of drug-likeness (QED) is 0.451. The van der Waals surface area contributed by atoms with Crippen molar-refractivity contribution >= 4 is 18.0 Å². The van der Waals surface area contributed by atoms with Gasteiger partial charge in [0.1, 0.15) is 5.75 Å². The molecule has 2 fully saturated rings. The minimum Gasteiger partial charge on any atom is -0.434 e. The highest BCUT2D eigenvalue weighted by atomic mass is 16.7. The van der Waals surface area contributed by atoms with Crippen molar-refractivity contribution in [2.24, 2.45) is 0 Å². The van der Waals surface area contributed by atoms with Gasteiger partial charge in [-0.25, -0.2) is 4.79 Å². The van der Waals surface area contributed by atoms with Crippen LogP contribution in [0.25, 0.3) is 0 Å². The van der Waals surface area contributed by atoms with Gasteiger partial charge in [0, 0.05) is 30.8 Å². The third kappa shape index (κ3) is 6.32. The average molecular weight is 416 g/mol. The second kappa shape index (κ2) is 10.8. The second-order valence-electron chi connectivity index (χ2n) is 7.30. The van der Waals surface area contributed by atoms with Gasteiger partial charge in [-0.15, -0.1) is 0 Å². The number of likely N-dealkylation sites (tertiary alicyclic amines) is 1. The molecule has 0 spiro atoms. The summed E-state index contributed by atoms with van der Waals surface area (Å²) in [6, 6.07) is 6.47. The molecule has 0 aliphatic carbocycles. The number of amides is 2. The van der Waals surface area contributed by atoms with Gasteiger partial charge >= 0.3 is 6.16 Å². The van der Waals surface area contributed by atoms with Gasteiger partial charge in [-0.3, -0.25) is 9.59 Å². The summed E-state index contributed by atoms with van der Waals surface area (Å²) in [5, 5.41) is 3.05. The Balaban J connectivity index is 1.45. The summed E-state index contributed by atoms with van der Waals surface area (Å²) >= 11 is 0. The molecule has 2 amide bonds. The largest absolute Gasteiger partial charge is 0.513 e. The van der Waals surface area contributed by atoms with E-state index in [1.807, 2.05) is 0 Å². The zero-order valence-corrected chi connectivity index (χ0v) is 17.2. The van der Waals surface area contributed by atoms with Crippen LogP contribution in [-0.4, -0.2) is 61.8 Å². The summed E-state index contributed by atoms with van der Waals surface area (Å²) in [4.78, 5) is 38.0. The van der Waals surface area contributed by atoms with Gasteiger partial charge in [0.15, 0.2) is 0 Å². The predicted molar refractivity (Wildman–Crippen MR) is 109 cm³/mol. The van der Waals surface area contributed by atoms with Crippen LogP contribution >= 0.6 is 0 Å². The van der Waals surface area contributed by atoms with E-state index in [4.69, 9.17) is 14.2 Å². The van der Waals surface area contributed by atoms with Gasteiger partial charge in [0.2, 0.25) is 5.91 Å². The van der Waals surface area contributed by atoms with E-state index in [2.05, 4.69) is 5.32 Å². The lowest BCUT2D eigenvalue weighted by Crippen LogP contribution is -2.46. The highest BCUT2D eigenvalue weighted by Crippen LogP contribution is 2.18. The van der Waals surface area contributed by atoms with E-state index in [0.717, 1.165) is 18.4 Å². The smallest absolute Gasteiger partial charge is 0.434 e. The van der Waals surface area contributed by atoms with Crippen molar-refractivity contribution in [2.45, 2.75) is 38.6 Å².